The fourth-order valence-electron chi connectivity index (χ4n) is 2.76. The first-order valence-electron chi connectivity index (χ1n) is 8.41. The number of anilines is 2. The highest BCUT2D eigenvalue weighted by Gasteiger charge is 2.20. The SMILES string of the molecule is COC(=O)c1ccc(C)c(-n2c(N)c(C(=O)Nc3ccccc3C)sc2=S)c1. The van der Waals surface area contributed by atoms with Crippen LogP contribution >= 0.6 is 23.6 Å². The summed E-state index contributed by atoms with van der Waals surface area (Å²) in [5.74, 6) is -0.561. The van der Waals surface area contributed by atoms with Gasteiger partial charge in [0.2, 0.25) is 0 Å². The van der Waals surface area contributed by atoms with E-state index in [1.54, 1.807) is 22.8 Å². The molecule has 0 saturated carbocycles. The van der Waals surface area contributed by atoms with Gasteiger partial charge in [-0.25, -0.2) is 4.79 Å². The molecule has 1 amide bonds. The Morgan fingerprint density at radius 3 is 2.54 bits per heavy atom. The molecule has 0 aliphatic rings. The van der Waals surface area contributed by atoms with Gasteiger partial charge in [-0.1, -0.05) is 35.6 Å². The predicted molar refractivity (Wildman–Crippen MR) is 114 cm³/mol. The summed E-state index contributed by atoms with van der Waals surface area (Å²) in [6, 6.07) is 12.6. The topological polar surface area (TPSA) is 86.3 Å². The number of rotatable bonds is 4. The van der Waals surface area contributed by atoms with E-state index in [0.717, 1.165) is 22.5 Å². The lowest BCUT2D eigenvalue weighted by atomic mass is 10.1. The Morgan fingerprint density at radius 1 is 1.14 bits per heavy atom. The largest absolute Gasteiger partial charge is 0.465 e. The number of nitrogen functional groups attached to an aromatic ring is 1. The van der Waals surface area contributed by atoms with Crippen molar-refractivity contribution in [3.63, 3.8) is 0 Å². The minimum absolute atomic E-state index is 0.228. The quantitative estimate of drug-likeness (QED) is 0.486. The molecule has 8 heteroatoms. The van der Waals surface area contributed by atoms with Gasteiger partial charge in [-0.15, -0.1) is 0 Å². The van der Waals surface area contributed by atoms with E-state index < -0.39 is 5.97 Å². The summed E-state index contributed by atoms with van der Waals surface area (Å²) >= 11 is 6.58. The molecule has 6 nitrogen and oxygen atoms in total. The number of hydrogen-bond acceptors (Lipinski definition) is 6. The predicted octanol–water partition coefficient (Wildman–Crippen LogP) is 4.51. The van der Waals surface area contributed by atoms with E-state index in [2.05, 4.69) is 5.32 Å². The Hall–Kier alpha value is -2.97. The van der Waals surface area contributed by atoms with Crippen molar-refractivity contribution < 1.29 is 14.3 Å². The first kappa shape index (κ1) is 19.8. The van der Waals surface area contributed by atoms with Crippen molar-refractivity contribution in [1.82, 2.24) is 4.57 Å². The number of carbonyl (C=O) groups is 2. The van der Waals surface area contributed by atoms with Crippen LogP contribution in [0, 0.1) is 17.8 Å². The first-order valence-corrected chi connectivity index (χ1v) is 9.63. The lowest BCUT2D eigenvalue weighted by Crippen LogP contribution is -2.14. The van der Waals surface area contributed by atoms with E-state index in [-0.39, 0.29) is 11.7 Å². The third-order valence-corrected chi connectivity index (χ3v) is 5.70. The number of amides is 1. The van der Waals surface area contributed by atoms with Crippen LogP contribution in [0.15, 0.2) is 42.5 Å². The monoisotopic (exact) mass is 413 g/mol. The summed E-state index contributed by atoms with van der Waals surface area (Å²) in [7, 11) is 1.32. The molecule has 2 aromatic carbocycles. The Morgan fingerprint density at radius 2 is 1.86 bits per heavy atom. The molecule has 0 unspecified atom stereocenters. The number of aryl methyl sites for hydroxylation is 2. The normalized spacial score (nSPS) is 10.5. The number of esters is 1. The highest BCUT2D eigenvalue weighted by molar-refractivity contribution is 7.73. The van der Waals surface area contributed by atoms with Crippen molar-refractivity contribution in [2.75, 3.05) is 18.2 Å². The average molecular weight is 414 g/mol. The smallest absolute Gasteiger partial charge is 0.337 e. The maximum atomic E-state index is 12.8. The molecule has 0 radical (unpaired) electrons. The van der Waals surface area contributed by atoms with Crippen molar-refractivity contribution in [3.05, 3.63) is 68.0 Å². The molecule has 0 aliphatic heterocycles. The maximum absolute atomic E-state index is 12.8. The third-order valence-electron chi connectivity index (χ3n) is 4.32. The molecule has 28 heavy (non-hydrogen) atoms. The molecule has 0 fully saturated rings. The zero-order valence-corrected chi connectivity index (χ0v) is 17.2. The van der Waals surface area contributed by atoms with Gasteiger partial charge in [0.1, 0.15) is 10.7 Å². The van der Waals surface area contributed by atoms with Gasteiger partial charge in [-0.2, -0.15) is 0 Å². The fourth-order valence-corrected chi connectivity index (χ4v) is 4.01. The van der Waals surface area contributed by atoms with Gasteiger partial charge in [-0.05, 0) is 55.4 Å². The third kappa shape index (κ3) is 3.69. The van der Waals surface area contributed by atoms with E-state index in [9.17, 15) is 9.59 Å². The molecule has 0 saturated heterocycles. The van der Waals surface area contributed by atoms with E-state index in [4.69, 9.17) is 22.7 Å². The van der Waals surface area contributed by atoms with Crippen molar-refractivity contribution in [3.8, 4) is 5.69 Å². The minimum atomic E-state index is -0.459. The zero-order chi connectivity index (χ0) is 20.4. The van der Waals surface area contributed by atoms with Crippen LogP contribution in [0.4, 0.5) is 11.5 Å². The van der Waals surface area contributed by atoms with Gasteiger partial charge >= 0.3 is 5.97 Å². The average Bonchev–Trinajstić information content (AvgIpc) is 2.97. The minimum Gasteiger partial charge on any atom is -0.465 e. The van der Waals surface area contributed by atoms with Crippen LogP contribution in [0.1, 0.15) is 31.2 Å². The molecule has 1 aromatic heterocycles. The number of para-hydroxylation sites is 1. The highest BCUT2D eigenvalue weighted by atomic mass is 32.1. The van der Waals surface area contributed by atoms with Crippen LogP contribution in [-0.2, 0) is 4.74 Å². The molecule has 0 aliphatic carbocycles. The van der Waals surface area contributed by atoms with Crippen LogP contribution in [0.25, 0.3) is 5.69 Å². The van der Waals surface area contributed by atoms with Crippen LogP contribution in [-0.4, -0.2) is 23.6 Å². The zero-order valence-electron chi connectivity index (χ0n) is 15.6. The molecule has 3 N–H and O–H groups in total. The number of benzene rings is 2. The summed E-state index contributed by atoms with van der Waals surface area (Å²) < 4.78 is 6.80. The standard InChI is InChI=1S/C20H19N3O3S2/c1-11-6-4-5-7-14(11)22-18(24)16-17(21)23(20(27)28-16)15-10-13(19(25)26-3)9-8-12(15)2/h4-10H,21H2,1-3H3,(H,22,24). The Bertz CT molecular complexity index is 1130. The van der Waals surface area contributed by atoms with Gasteiger partial charge in [0.15, 0.2) is 3.95 Å². The highest BCUT2D eigenvalue weighted by Crippen LogP contribution is 2.29. The Balaban J connectivity index is 2.04. The number of methoxy groups -OCH3 is 1. The number of hydrogen-bond donors (Lipinski definition) is 2. The van der Waals surface area contributed by atoms with Gasteiger partial charge in [0, 0.05) is 5.69 Å². The van der Waals surface area contributed by atoms with E-state index >= 15 is 0 Å². The summed E-state index contributed by atoms with van der Waals surface area (Å²) in [5, 5.41) is 2.87. The number of nitrogens with zero attached hydrogens (tertiary/aromatic N) is 1. The second kappa shape index (κ2) is 7.95. The van der Waals surface area contributed by atoms with Crippen LogP contribution in [0.5, 0.6) is 0 Å². The van der Waals surface area contributed by atoms with Gasteiger partial charge in [-0.3, -0.25) is 9.36 Å². The van der Waals surface area contributed by atoms with Gasteiger partial charge in [0.05, 0.1) is 18.4 Å². The molecule has 1 heterocycles. The lowest BCUT2D eigenvalue weighted by molar-refractivity contribution is 0.0600. The molecular formula is C20H19N3O3S2. The first-order chi connectivity index (χ1) is 13.3. The molecule has 144 valence electrons. The molecule has 0 atom stereocenters. The number of aromatic nitrogens is 1. The maximum Gasteiger partial charge on any atom is 0.337 e. The molecule has 3 aromatic rings. The van der Waals surface area contributed by atoms with E-state index in [0.29, 0.717) is 25.8 Å². The number of nitrogens with two attached hydrogens (primary N) is 1. The number of ether oxygens (including phenoxy) is 1. The summed E-state index contributed by atoms with van der Waals surface area (Å²) in [6.07, 6.45) is 0. The van der Waals surface area contributed by atoms with Crippen LogP contribution in [0.2, 0.25) is 0 Å². The van der Waals surface area contributed by atoms with Gasteiger partial charge < -0.3 is 15.8 Å². The molecule has 0 bridgehead atoms. The van der Waals surface area contributed by atoms with Crippen molar-refractivity contribution in [2.24, 2.45) is 0 Å². The van der Waals surface area contributed by atoms with Crippen molar-refractivity contribution in [2.45, 2.75) is 13.8 Å². The van der Waals surface area contributed by atoms with Gasteiger partial charge in [0.25, 0.3) is 5.91 Å². The van der Waals surface area contributed by atoms with Crippen molar-refractivity contribution >= 4 is 46.9 Å². The second-order valence-corrected chi connectivity index (χ2v) is 7.82. The van der Waals surface area contributed by atoms with Crippen LogP contribution in [0.3, 0.4) is 0 Å². The lowest BCUT2D eigenvalue weighted by Gasteiger charge is -2.12. The molecule has 0 spiro atoms. The Labute approximate surface area is 171 Å². The van der Waals surface area contributed by atoms with E-state index in [1.165, 1.54) is 7.11 Å². The summed E-state index contributed by atoms with van der Waals surface area (Å²) in [6.45, 7) is 3.79. The molecule has 3 rings (SSSR count). The van der Waals surface area contributed by atoms with Crippen molar-refractivity contribution in [1.29, 1.82) is 0 Å². The fraction of sp³-hybridized carbons (Fsp3) is 0.150. The van der Waals surface area contributed by atoms with E-state index in [1.807, 2.05) is 38.1 Å². The second-order valence-electron chi connectivity index (χ2n) is 6.18. The summed E-state index contributed by atoms with van der Waals surface area (Å²) in [4.78, 5) is 25.0. The number of carbonyl (C=O) groups excluding carboxylic acids is 2. The van der Waals surface area contributed by atoms with Crippen LogP contribution < -0.4 is 11.1 Å². The summed E-state index contributed by atoms with van der Waals surface area (Å²) in [5.41, 5.74) is 9.81. The number of thiazole rings is 1. The number of nitrogens with one attached hydrogen (secondary N) is 1. The molecular weight excluding hydrogens is 394 g/mol. The Kier molecular flexibility index (Phi) is 5.62.